The molecule has 0 saturated heterocycles. The second-order valence-electron chi connectivity index (χ2n) is 6.27. The Bertz CT molecular complexity index is 1130. The molecule has 4 aromatic rings. The molecule has 0 aliphatic carbocycles. The molecule has 0 atom stereocenters. The van der Waals surface area contributed by atoms with Crippen LogP contribution >= 0.6 is 22.7 Å². The van der Waals surface area contributed by atoms with Gasteiger partial charge < -0.3 is 9.47 Å². The van der Waals surface area contributed by atoms with Crippen LogP contribution in [0.15, 0.2) is 60.2 Å². The smallest absolute Gasteiger partial charge is 0.253 e. The van der Waals surface area contributed by atoms with E-state index in [4.69, 9.17) is 14.5 Å². The molecule has 152 valence electrons. The van der Waals surface area contributed by atoms with Crippen molar-refractivity contribution in [2.75, 3.05) is 19.1 Å². The molecule has 0 saturated carbocycles. The molecular formula is C22H19N3O3S2. The molecule has 3 heterocycles. The number of methoxy groups -OCH3 is 2. The number of fused-ring (bicyclic) bond motifs is 1. The summed E-state index contributed by atoms with van der Waals surface area (Å²) in [5.41, 5.74) is 1.63. The lowest BCUT2D eigenvalue weighted by Gasteiger charge is -2.18. The number of thiophene rings is 1. The van der Waals surface area contributed by atoms with Gasteiger partial charge in [-0.2, -0.15) is 0 Å². The van der Waals surface area contributed by atoms with E-state index in [0.717, 1.165) is 15.1 Å². The number of amides is 1. The summed E-state index contributed by atoms with van der Waals surface area (Å²) in [5, 5.41) is 2.55. The van der Waals surface area contributed by atoms with E-state index in [2.05, 4.69) is 4.98 Å². The molecule has 8 heteroatoms. The van der Waals surface area contributed by atoms with Crippen LogP contribution in [0.1, 0.15) is 10.4 Å². The van der Waals surface area contributed by atoms with Crippen LogP contribution in [-0.4, -0.2) is 30.1 Å². The first-order valence-corrected chi connectivity index (χ1v) is 10.8. The largest absolute Gasteiger partial charge is 0.495 e. The summed E-state index contributed by atoms with van der Waals surface area (Å²) in [6, 6.07) is 11.4. The minimum absolute atomic E-state index is 0.155. The van der Waals surface area contributed by atoms with Gasteiger partial charge in [0.15, 0.2) is 5.13 Å². The molecule has 0 spiro atoms. The molecule has 30 heavy (non-hydrogen) atoms. The Morgan fingerprint density at radius 1 is 1.10 bits per heavy atom. The third-order valence-corrected chi connectivity index (χ3v) is 6.35. The van der Waals surface area contributed by atoms with Gasteiger partial charge in [-0.05, 0) is 47.4 Å². The van der Waals surface area contributed by atoms with Crippen molar-refractivity contribution in [3.63, 3.8) is 0 Å². The number of rotatable bonds is 7. The highest BCUT2D eigenvalue weighted by molar-refractivity contribution is 7.22. The monoisotopic (exact) mass is 437 g/mol. The van der Waals surface area contributed by atoms with Gasteiger partial charge in [-0.15, -0.1) is 11.3 Å². The number of hydrogen-bond donors (Lipinski definition) is 0. The van der Waals surface area contributed by atoms with Crippen molar-refractivity contribution in [1.29, 1.82) is 0 Å². The van der Waals surface area contributed by atoms with Crippen molar-refractivity contribution in [2.45, 2.75) is 6.54 Å². The standard InChI is InChI=1S/C22H19N3O3S2/c1-27-17-6-7-18(28-2)21-20(17)24-22(30-21)25(14-15-9-11-23-12-10-15)19(26)8-5-16-4-3-13-29-16/h3-13H,14H2,1-2H3. The topological polar surface area (TPSA) is 64.6 Å². The second-order valence-corrected chi connectivity index (χ2v) is 8.23. The van der Waals surface area contributed by atoms with Crippen LogP contribution in [0.25, 0.3) is 16.3 Å². The Balaban J connectivity index is 1.75. The highest BCUT2D eigenvalue weighted by Gasteiger charge is 2.21. The Morgan fingerprint density at radius 3 is 2.57 bits per heavy atom. The van der Waals surface area contributed by atoms with Gasteiger partial charge in [0.25, 0.3) is 5.91 Å². The van der Waals surface area contributed by atoms with Crippen LogP contribution in [0.5, 0.6) is 11.5 Å². The first kappa shape index (κ1) is 20.1. The number of aromatic nitrogens is 2. The summed E-state index contributed by atoms with van der Waals surface area (Å²) >= 11 is 2.98. The van der Waals surface area contributed by atoms with Gasteiger partial charge in [0.05, 0.1) is 20.8 Å². The molecule has 0 bridgehead atoms. The van der Waals surface area contributed by atoms with Crippen LogP contribution in [0.2, 0.25) is 0 Å². The molecule has 4 rings (SSSR count). The van der Waals surface area contributed by atoms with Gasteiger partial charge >= 0.3 is 0 Å². The SMILES string of the molecule is COc1ccc(OC)c2sc(N(Cc3ccncc3)C(=O)C=Cc3cccs3)nc12. The Labute approximate surface area is 182 Å². The fourth-order valence-corrected chi connectivity index (χ4v) is 4.63. The second kappa shape index (κ2) is 9.06. The molecule has 1 aromatic carbocycles. The Hall–Kier alpha value is -3.23. The van der Waals surface area contributed by atoms with Gasteiger partial charge in [0.1, 0.15) is 21.7 Å². The van der Waals surface area contributed by atoms with E-state index in [1.54, 1.807) is 48.9 Å². The molecule has 3 aromatic heterocycles. The number of pyridine rings is 1. The van der Waals surface area contributed by atoms with E-state index < -0.39 is 0 Å². The lowest BCUT2D eigenvalue weighted by molar-refractivity contribution is -0.114. The van der Waals surface area contributed by atoms with Gasteiger partial charge in [0, 0.05) is 23.3 Å². The maximum atomic E-state index is 13.2. The van der Waals surface area contributed by atoms with E-state index in [1.165, 1.54) is 11.3 Å². The van der Waals surface area contributed by atoms with Crippen LogP contribution in [0, 0.1) is 0 Å². The first-order chi connectivity index (χ1) is 14.7. The molecule has 6 nitrogen and oxygen atoms in total. The fourth-order valence-electron chi connectivity index (χ4n) is 2.93. The molecule has 0 aliphatic rings. The van der Waals surface area contributed by atoms with Crippen molar-refractivity contribution < 1.29 is 14.3 Å². The minimum Gasteiger partial charge on any atom is -0.495 e. The minimum atomic E-state index is -0.155. The summed E-state index contributed by atoms with van der Waals surface area (Å²) in [4.78, 5) is 24.6. The molecular weight excluding hydrogens is 418 g/mol. The Morgan fingerprint density at radius 2 is 1.87 bits per heavy atom. The third-order valence-electron chi connectivity index (χ3n) is 4.42. The highest BCUT2D eigenvalue weighted by Crippen LogP contribution is 2.40. The van der Waals surface area contributed by atoms with Gasteiger partial charge in [-0.3, -0.25) is 14.7 Å². The zero-order valence-corrected chi connectivity index (χ0v) is 18.1. The van der Waals surface area contributed by atoms with Crippen molar-refractivity contribution >= 4 is 50.0 Å². The molecule has 0 aliphatic heterocycles. The average molecular weight is 438 g/mol. The molecule has 0 unspecified atom stereocenters. The van der Waals surface area contributed by atoms with Crippen LogP contribution in [0.4, 0.5) is 5.13 Å². The van der Waals surface area contributed by atoms with Gasteiger partial charge in [0.2, 0.25) is 0 Å². The van der Waals surface area contributed by atoms with E-state index in [-0.39, 0.29) is 5.91 Å². The van der Waals surface area contributed by atoms with E-state index >= 15 is 0 Å². The number of benzene rings is 1. The van der Waals surface area contributed by atoms with Crippen molar-refractivity contribution in [3.05, 3.63) is 70.7 Å². The number of hydrogen-bond acceptors (Lipinski definition) is 7. The number of ether oxygens (including phenoxy) is 2. The van der Waals surface area contributed by atoms with Crippen molar-refractivity contribution in [3.8, 4) is 11.5 Å². The zero-order chi connectivity index (χ0) is 20.9. The van der Waals surface area contributed by atoms with Crippen molar-refractivity contribution in [1.82, 2.24) is 9.97 Å². The van der Waals surface area contributed by atoms with Crippen LogP contribution in [-0.2, 0) is 11.3 Å². The number of thiazole rings is 1. The molecule has 0 radical (unpaired) electrons. The first-order valence-electron chi connectivity index (χ1n) is 9.13. The van der Waals surface area contributed by atoms with E-state index in [9.17, 15) is 4.79 Å². The molecule has 1 amide bonds. The summed E-state index contributed by atoms with van der Waals surface area (Å²) in [6.45, 7) is 0.376. The predicted molar refractivity (Wildman–Crippen MR) is 122 cm³/mol. The molecule has 0 N–H and O–H groups in total. The summed E-state index contributed by atoms with van der Waals surface area (Å²) in [6.07, 6.45) is 6.82. The average Bonchev–Trinajstić information content (AvgIpc) is 3.46. The number of nitrogens with zero attached hydrogens (tertiary/aromatic N) is 3. The predicted octanol–water partition coefficient (Wildman–Crippen LogP) is 5.02. The number of carbonyl (C=O) groups excluding carboxylic acids is 1. The summed E-state index contributed by atoms with van der Waals surface area (Å²) in [5.74, 6) is 1.18. The van der Waals surface area contributed by atoms with E-state index in [1.807, 2.05) is 47.9 Å². The number of anilines is 1. The quantitative estimate of drug-likeness (QED) is 0.380. The fraction of sp³-hybridized carbons (Fsp3) is 0.136. The maximum Gasteiger partial charge on any atom is 0.253 e. The van der Waals surface area contributed by atoms with Gasteiger partial charge in [-0.1, -0.05) is 17.4 Å². The maximum absolute atomic E-state index is 13.2. The molecule has 0 fully saturated rings. The normalized spacial score (nSPS) is 11.1. The third kappa shape index (κ3) is 4.19. The van der Waals surface area contributed by atoms with Crippen molar-refractivity contribution in [2.24, 2.45) is 0 Å². The van der Waals surface area contributed by atoms with E-state index in [0.29, 0.717) is 28.7 Å². The lowest BCUT2D eigenvalue weighted by atomic mass is 10.2. The van der Waals surface area contributed by atoms with Crippen LogP contribution in [0.3, 0.4) is 0 Å². The summed E-state index contributed by atoms with van der Waals surface area (Å²) in [7, 11) is 3.22. The van der Waals surface area contributed by atoms with Crippen LogP contribution < -0.4 is 14.4 Å². The zero-order valence-electron chi connectivity index (χ0n) is 16.4. The van der Waals surface area contributed by atoms with Gasteiger partial charge in [-0.25, -0.2) is 4.98 Å². The lowest BCUT2D eigenvalue weighted by Crippen LogP contribution is -2.28. The number of carbonyl (C=O) groups is 1. The summed E-state index contributed by atoms with van der Waals surface area (Å²) < 4.78 is 11.8. The Kier molecular flexibility index (Phi) is 6.06. The highest BCUT2D eigenvalue weighted by atomic mass is 32.1.